The van der Waals surface area contributed by atoms with Gasteiger partial charge < -0.3 is 18.9 Å². The van der Waals surface area contributed by atoms with E-state index in [4.69, 9.17) is 18.5 Å². The number of hydrogen-bond acceptors (Lipinski definition) is 6. The van der Waals surface area contributed by atoms with E-state index in [0.717, 1.165) is 44.9 Å². The van der Waals surface area contributed by atoms with Crippen molar-refractivity contribution in [1.82, 2.24) is 0 Å². The molecule has 0 amide bonds. The van der Waals surface area contributed by atoms with Crippen LogP contribution < -0.4 is 0 Å². The van der Waals surface area contributed by atoms with Crippen molar-refractivity contribution in [3.63, 3.8) is 0 Å². The maximum absolute atomic E-state index is 12.8. The third-order valence-corrected chi connectivity index (χ3v) is 14.9. The first kappa shape index (κ1) is 70.7. The van der Waals surface area contributed by atoms with E-state index in [1.54, 1.807) is 0 Å². The summed E-state index contributed by atoms with van der Waals surface area (Å²) in [5, 5.41) is 0. The smallest absolute Gasteiger partial charge is 0.457 e. The van der Waals surface area contributed by atoms with Crippen LogP contribution in [0.5, 0.6) is 0 Å². The number of likely N-dealkylation sites (N-methyl/N-ethyl adjacent to an activating group) is 1. The predicted molar refractivity (Wildman–Crippen MR) is 312 cm³/mol. The zero-order chi connectivity index (χ0) is 52.6. The number of carbonyl (C=O) groups excluding carboxylic acids is 1. The molecule has 0 aromatic carbocycles. The summed E-state index contributed by atoms with van der Waals surface area (Å²) in [6.07, 6.45) is 70.8. The Hall–Kier alpha value is -1.28. The molecule has 0 saturated carbocycles. The fourth-order valence-corrected chi connectivity index (χ4v) is 9.89. The van der Waals surface area contributed by atoms with Gasteiger partial charge in [-0.25, -0.2) is 4.57 Å². The highest BCUT2D eigenvalue weighted by Gasteiger charge is 2.26. The molecule has 426 valence electrons. The maximum Gasteiger partial charge on any atom is 0.472 e. The summed E-state index contributed by atoms with van der Waals surface area (Å²) in [4.78, 5) is 23.1. The molecule has 8 nitrogen and oxygen atoms in total. The van der Waals surface area contributed by atoms with Gasteiger partial charge in [0.25, 0.3) is 0 Å². The van der Waals surface area contributed by atoms with Crippen molar-refractivity contribution < 1.29 is 37.3 Å². The van der Waals surface area contributed by atoms with E-state index >= 15 is 0 Å². The minimum Gasteiger partial charge on any atom is -0.457 e. The van der Waals surface area contributed by atoms with Crippen LogP contribution in [0.4, 0.5) is 0 Å². The van der Waals surface area contributed by atoms with Crippen LogP contribution in [0.25, 0.3) is 0 Å². The lowest BCUT2D eigenvalue weighted by atomic mass is 10.0. The number of hydrogen-bond donors (Lipinski definition) is 1. The number of phosphoric ester groups is 1. The van der Waals surface area contributed by atoms with Gasteiger partial charge in [-0.15, -0.1) is 0 Å². The van der Waals surface area contributed by atoms with Crippen LogP contribution in [0.1, 0.15) is 303 Å². The number of nitrogens with zero attached hydrogens (tertiary/aromatic N) is 1. The van der Waals surface area contributed by atoms with E-state index in [-0.39, 0.29) is 25.8 Å². The van der Waals surface area contributed by atoms with Crippen LogP contribution in [-0.2, 0) is 27.9 Å². The van der Waals surface area contributed by atoms with Gasteiger partial charge in [-0.3, -0.25) is 13.8 Å². The predicted octanol–water partition coefficient (Wildman–Crippen LogP) is 20.0. The van der Waals surface area contributed by atoms with Crippen LogP contribution >= 0.6 is 7.82 Å². The normalized spacial score (nSPS) is 13.6. The molecule has 0 aromatic heterocycles. The van der Waals surface area contributed by atoms with Gasteiger partial charge in [-0.1, -0.05) is 281 Å². The second kappa shape index (κ2) is 55.9. The molecule has 0 saturated heterocycles. The van der Waals surface area contributed by atoms with Crippen LogP contribution in [0.3, 0.4) is 0 Å². The molecule has 0 rings (SSSR count). The first-order valence-electron chi connectivity index (χ1n) is 31.2. The van der Waals surface area contributed by atoms with Crippen molar-refractivity contribution in [2.24, 2.45) is 0 Å². The molecule has 2 unspecified atom stereocenters. The lowest BCUT2D eigenvalue weighted by molar-refractivity contribution is -0.870. The van der Waals surface area contributed by atoms with E-state index in [9.17, 15) is 14.3 Å². The highest BCUT2D eigenvalue weighted by Crippen LogP contribution is 2.43. The highest BCUT2D eigenvalue weighted by atomic mass is 31.2. The van der Waals surface area contributed by atoms with Crippen molar-refractivity contribution in [2.45, 2.75) is 309 Å². The number of ether oxygens (including phenoxy) is 2. The Bertz CT molecular complexity index is 1250. The summed E-state index contributed by atoms with van der Waals surface area (Å²) < 4.78 is 35.3. The van der Waals surface area contributed by atoms with Gasteiger partial charge in [-0.2, -0.15) is 0 Å². The van der Waals surface area contributed by atoms with Crippen LogP contribution in [-0.4, -0.2) is 75.6 Å². The van der Waals surface area contributed by atoms with Crippen molar-refractivity contribution in [3.05, 3.63) is 36.5 Å². The molecule has 2 atom stereocenters. The van der Waals surface area contributed by atoms with Crippen molar-refractivity contribution in [3.8, 4) is 0 Å². The van der Waals surface area contributed by atoms with Crippen LogP contribution in [0.2, 0.25) is 0 Å². The molecule has 0 aromatic rings. The third-order valence-electron chi connectivity index (χ3n) is 14.0. The quantitative estimate of drug-likeness (QED) is 0.0213. The summed E-state index contributed by atoms with van der Waals surface area (Å²) in [5.41, 5.74) is 0. The molecule has 0 aliphatic carbocycles. The van der Waals surface area contributed by atoms with Gasteiger partial charge >= 0.3 is 13.8 Å². The number of unbranched alkanes of at least 4 members (excludes halogenated alkanes) is 39. The van der Waals surface area contributed by atoms with E-state index in [2.05, 4.69) is 50.3 Å². The summed E-state index contributed by atoms with van der Waals surface area (Å²) in [5.74, 6) is -0.311. The zero-order valence-corrected chi connectivity index (χ0v) is 49.6. The van der Waals surface area contributed by atoms with E-state index in [0.29, 0.717) is 24.1 Å². The molecule has 0 radical (unpaired) electrons. The molecular formula is C63H123NO7P+. The molecule has 0 aliphatic heterocycles. The fourth-order valence-electron chi connectivity index (χ4n) is 9.15. The number of rotatable bonds is 59. The largest absolute Gasteiger partial charge is 0.472 e. The topological polar surface area (TPSA) is 91.3 Å². The zero-order valence-electron chi connectivity index (χ0n) is 48.7. The van der Waals surface area contributed by atoms with Crippen LogP contribution in [0, 0.1) is 0 Å². The summed E-state index contributed by atoms with van der Waals surface area (Å²) in [6.45, 7) is 5.68. The monoisotopic (exact) mass is 1040 g/mol. The van der Waals surface area contributed by atoms with Crippen molar-refractivity contribution in [1.29, 1.82) is 0 Å². The molecular weight excluding hydrogens is 914 g/mol. The Balaban J connectivity index is 4.01. The van der Waals surface area contributed by atoms with Crippen molar-refractivity contribution >= 4 is 13.8 Å². The molecule has 0 heterocycles. The Kier molecular flexibility index (Phi) is 54.9. The number of carbonyl (C=O) groups is 1. The average molecular weight is 1040 g/mol. The van der Waals surface area contributed by atoms with E-state index in [1.807, 2.05) is 21.1 Å². The molecule has 9 heteroatoms. The van der Waals surface area contributed by atoms with E-state index < -0.39 is 13.9 Å². The fraction of sp³-hybridized carbons (Fsp3) is 0.889. The summed E-state index contributed by atoms with van der Waals surface area (Å²) in [7, 11) is 1.68. The number of esters is 1. The lowest BCUT2D eigenvalue weighted by Gasteiger charge is -2.24. The van der Waals surface area contributed by atoms with Crippen LogP contribution in [0.15, 0.2) is 36.5 Å². The number of phosphoric acid groups is 1. The van der Waals surface area contributed by atoms with Gasteiger partial charge in [-0.05, 0) is 51.4 Å². The Labute approximate surface area is 448 Å². The Morgan fingerprint density at radius 2 is 0.764 bits per heavy atom. The minimum absolute atomic E-state index is 0.0895. The molecule has 0 aliphatic rings. The number of quaternary nitrogens is 1. The van der Waals surface area contributed by atoms with Crippen molar-refractivity contribution in [2.75, 3.05) is 54.1 Å². The minimum atomic E-state index is -4.29. The Morgan fingerprint density at radius 3 is 1.14 bits per heavy atom. The van der Waals surface area contributed by atoms with Gasteiger partial charge in [0.1, 0.15) is 19.3 Å². The molecule has 0 fully saturated rings. The summed E-state index contributed by atoms with van der Waals surface area (Å²) in [6, 6.07) is 0. The second-order valence-corrected chi connectivity index (χ2v) is 23.9. The first-order chi connectivity index (χ1) is 35.1. The molecule has 72 heavy (non-hydrogen) atoms. The lowest BCUT2D eigenvalue weighted by Crippen LogP contribution is -2.37. The average Bonchev–Trinajstić information content (AvgIpc) is 3.34. The first-order valence-corrected chi connectivity index (χ1v) is 32.7. The van der Waals surface area contributed by atoms with Gasteiger partial charge in [0.2, 0.25) is 0 Å². The number of allylic oxidation sites excluding steroid dienone is 6. The van der Waals surface area contributed by atoms with Gasteiger partial charge in [0.15, 0.2) is 0 Å². The third kappa shape index (κ3) is 59.6. The second-order valence-electron chi connectivity index (χ2n) is 22.4. The van der Waals surface area contributed by atoms with Gasteiger partial charge in [0, 0.05) is 13.0 Å². The Morgan fingerprint density at radius 1 is 0.431 bits per heavy atom. The SMILES string of the molecule is CCCCCCC/C=C\C/C=C\C/C=C\CCCCCCCCCCCCC(=O)OC(COCCCCCCCCCCCCCCCCCCCCCCCCCCC)COP(=O)(O)OCC[N+](C)(C)C. The molecule has 0 spiro atoms. The van der Waals surface area contributed by atoms with Gasteiger partial charge in [0.05, 0.1) is 34.4 Å². The molecule has 1 N–H and O–H groups in total. The highest BCUT2D eigenvalue weighted by molar-refractivity contribution is 7.47. The molecule has 0 bridgehead atoms. The summed E-state index contributed by atoms with van der Waals surface area (Å²) >= 11 is 0. The maximum atomic E-state index is 12.8. The standard InChI is InChI=1S/C63H122NO7P/c1-6-8-10-12-14-16-18-20-22-24-26-28-30-32-34-36-38-40-42-44-46-48-50-52-54-56-63(65)71-62(61-70-72(66,67)69-59-57-64(3,4)5)60-68-58-55-53-51-49-47-45-43-41-39-37-35-33-31-29-27-25-23-21-19-17-15-13-11-9-7-2/h18,20,24,26,30,32,62H,6-17,19,21-23,25,27-29,31,33-61H2,1-5H3/p+1/b20-18-,26-24-,32-30-. The van der Waals surface area contributed by atoms with E-state index in [1.165, 1.54) is 238 Å².